The lowest BCUT2D eigenvalue weighted by atomic mass is 10.00. The number of nitrogens with one attached hydrogen (secondary N) is 1. The van der Waals surface area contributed by atoms with E-state index in [4.69, 9.17) is 15.3 Å². The average molecular weight is 481 g/mol. The van der Waals surface area contributed by atoms with E-state index in [2.05, 4.69) is 0 Å². The van der Waals surface area contributed by atoms with Crippen molar-refractivity contribution in [2.75, 3.05) is 13.2 Å². The molecule has 1 aliphatic rings. The van der Waals surface area contributed by atoms with E-state index in [1.54, 1.807) is 0 Å². The third-order valence-electron chi connectivity index (χ3n) is 5.42. The molecule has 3 N–H and O–H groups in total. The fourth-order valence-corrected chi connectivity index (χ4v) is 3.62. The third kappa shape index (κ3) is 7.40. The molecule has 0 saturated carbocycles. The van der Waals surface area contributed by atoms with Gasteiger partial charge in [-0.05, 0) is 37.5 Å². The summed E-state index contributed by atoms with van der Waals surface area (Å²) in [4.78, 5) is 13.0. The summed E-state index contributed by atoms with van der Waals surface area (Å²) in [5, 5.41) is 26.7. The highest BCUT2D eigenvalue weighted by atomic mass is 19.4. The van der Waals surface area contributed by atoms with Crippen LogP contribution >= 0.6 is 0 Å². The highest BCUT2D eigenvalue weighted by molar-refractivity contribution is 6.04. The standard InChI is InChI=1S/C25H31F3N2O4/c1-3-7-19-21(12-11-20(23(19)33)24(29)25(26,27)28)34-15-6-14-30-13-5-8-18(30)10-9-17(4-2)16-22(31)32/h5,9-13,29,33H,3-4,6-8,14-16H2,1-2H3,(H,31,32)/b17-9+,18-10+,29-24?. The van der Waals surface area contributed by atoms with E-state index in [0.29, 0.717) is 44.6 Å². The molecule has 1 aliphatic heterocycles. The van der Waals surface area contributed by atoms with Crippen LogP contribution in [0.15, 0.2) is 47.8 Å². The number of carbonyl (C=O) groups is 1. The van der Waals surface area contributed by atoms with Crippen molar-refractivity contribution in [3.05, 3.63) is 59.0 Å². The number of allylic oxidation sites excluding steroid dienone is 3. The summed E-state index contributed by atoms with van der Waals surface area (Å²) in [6.45, 7) is 4.69. The first kappa shape index (κ1) is 27.0. The largest absolute Gasteiger partial charge is 0.507 e. The highest BCUT2D eigenvalue weighted by Gasteiger charge is 2.37. The Balaban J connectivity index is 2.02. The SMILES string of the molecule is CCCc1c(OCCCN2C=CC/C2=C\C=C(/CC)CC(=O)O)ccc(C(=N)C(F)(F)F)c1O. The van der Waals surface area contributed by atoms with Gasteiger partial charge in [0.1, 0.15) is 17.2 Å². The van der Waals surface area contributed by atoms with Gasteiger partial charge in [-0.15, -0.1) is 0 Å². The van der Waals surface area contributed by atoms with Crippen molar-refractivity contribution < 1.29 is 32.9 Å². The van der Waals surface area contributed by atoms with E-state index in [0.717, 1.165) is 23.8 Å². The molecule has 34 heavy (non-hydrogen) atoms. The van der Waals surface area contributed by atoms with E-state index in [1.165, 1.54) is 6.07 Å². The van der Waals surface area contributed by atoms with Crippen LogP contribution in [0, 0.1) is 5.41 Å². The second-order valence-electron chi connectivity index (χ2n) is 7.95. The zero-order valence-electron chi connectivity index (χ0n) is 19.4. The summed E-state index contributed by atoms with van der Waals surface area (Å²) in [6, 6.07) is 2.44. The number of phenolic OH excluding ortho intramolecular Hbond substituents is 1. The Morgan fingerprint density at radius 3 is 2.65 bits per heavy atom. The maximum atomic E-state index is 12.9. The van der Waals surface area contributed by atoms with Crippen LogP contribution in [0.2, 0.25) is 0 Å². The van der Waals surface area contributed by atoms with Crippen LogP contribution < -0.4 is 4.74 Å². The number of phenols is 1. The molecule has 0 unspecified atom stereocenters. The minimum atomic E-state index is -4.85. The molecule has 0 spiro atoms. The van der Waals surface area contributed by atoms with Crippen LogP contribution in [0.5, 0.6) is 11.5 Å². The van der Waals surface area contributed by atoms with Gasteiger partial charge in [0.15, 0.2) is 0 Å². The first-order valence-corrected chi connectivity index (χ1v) is 11.3. The number of carboxylic acid groups (broad SMARTS) is 1. The van der Waals surface area contributed by atoms with Crippen molar-refractivity contribution in [2.45, 2.75) is 58.5 Å². The van der Waals surface area contributed by atoms with Gasteiger partial charge in [0.05, 0.1) is 13.0 Å². The molecule has 0 aromatic heterocycles. The Morgan fingerprint density at radius 2 is 2.03 bits per heavy atom. The molecule has 1 aromatic carbocycles. The molecular formula is C25H31F3N2O4. The van der Waals surface area contributed by atoms with Gasteiger partial charge in [0.2, 0.25) is 0 Å². The molecule has 2 rings (SSSR count). The first-order chi connectivity index (χ1) is 16.1. The zero-order chi connectivity index (χ0) is 25.3. The van der Waals surface area contributed by atoms with E-state index >= 15 is 0 Å². The van der Waals surface area contributed by atoms with Gasteiger partial charge in [0.25, 0.3) is 0 Å². The maximum Gasteiger partial charge on any atom is 0.433 e. The minimum absolute atomic E-state index is 0.00964. The van der Waals surface area contributed by atoms with Crippen molar-refractivity contribution in [3.8, 4) is 11.5 Å². The van der Waals surface area contributed by atoms with Gasteiger partial charge in [0, 0.05) is 36.0 Å². The molecule has 1 heterocycles. The number of ether oxygens (including phenoxy) is 1. The van der Waals surface area contributed by atoms with Gasteiger partial charge in [-0.3, -0.25) is 10.2 Å². The number of carboxylic acids is 1. The molecule has 0 atom stereocenters. The van der Waals surface area contributed by atoms with Crippen LogP contribution in [-0.4, -0.2) is 46.1 Å². The van der Waals surface area contributed by atoms with Crippen LogP contribution in [0.4, 0.5) is 13.2 Å². The summed E-state index contributed by atoms with van der Waals surface area (Å²) in [7, 11) is 0. The van der Waals surface area contributed by atoms with Gasteiger partial charge >= 0.3 is 12.1 Å². The number of nitrogens with zero attached hydrogens (tertiary/aromatic N) is 1. The van der Waals surface area contributed by atoms with Gasteiger partial charge in [-0.1, -0.05) is 38.0 Å². The molecule has 0 fully saturated rings. The zero-order valence-corrected chi connectivity index (χ0v) is 19.4. The van der Waals surface area contributed by atoms with Crippen LogP contribution in [0.1, 0.15) is 57.1 Å². The summed E-state index contributed by atoms with van der Waals surface area (Å²) in [5.74, 6) is -1.11. The second-order valence-corrected chi connectivity index (χ2v) is 7.95. The fraction of sp³-hybridized carbons (Fsp3) is 0.440. The maximum absolute atomic E-state index is 12.9. The highest BCUT2D eigenvalue weighted by Crippen LogP contribution is 2.36. The number of benzene rings is 1. The molecule has 6 nitrogen and oxygen atoms in total. The number of hydrogen-bond donors (Lipinski definition) is 3. The van der Waals surface area contributed by atoms with E-state index in [-0.39, 0.29) is 12.0 Å². The van der Waals surface area contributed by atoms with Gasteiger partial charge in [-0.25, -0.2) is 0 Å². The Bertz CT molecular complexity index is 981. The van der Waals surface area contributed by atoms with Crippen molar-refractivity contribution in [1.29, 1.82) is 5.41 Å². The normalized spacial score (nSPS) is 15.3. The first-order valence-electron chi connectivity index (χ1n) is 11.3. The fourth-order valence-electron chi connectivity index (χ4n) is 3.62. The van der Waals surface area contributed by atoms with Gasteiger partial charge < -0.3 is 19.8 Å². The molecular weight excluding hydrogens is 449 g/mol. The van der Waals surface area contributed by atoms with Crippen molar-refractivity contribution in [1.82, 2.24) is 4.90 Å². The molecule has 0 radical (unpaired) electrons. The number of halogens is 3. The minimum Gasteiger partial charge on any atom is -0.507 e. The Morgan fingerprint density at radius 1 is 1.29 bits per heavy atom. The van der Waals surface area contributed by atoms with E-state index in [1.807, 2.05) is 43.2 Å². The molecule has 9 heteroatoms. The number of aromatic hydroxyl groups is 1. The topological polar surface area (TPSA) is 93.9 Å². The Hall–Kier alpha value is -3.23. The lowest BCUT2D eigenvalue weighted by Gasteiger charge is -2.20. The monoisotopic (exact) mass is 480 g/mol. The number of aliphatic carboxylic acids is 1. The molecule has 1 aromatic rings. The smallest absolute Gasteiger partial charge is 0.433 e. The third-order valence-corrected chi connectivity index (χ3v) is 5.42. The van der Waals surface area contributed by atoms with Crippen LogP contribution in [0.3, 0.4) is 0 Å². The molecule has 0 saturated heterocycles. The molecule has 0 amide bonds. The number of rotatable bonds is 12. The number of hydrogen-bond acceptors (Lipinski definition) is 5. The van der Waals surface area contributed by atoms with Crippen molar-refractivity contribution >= 4 is 11.7 Å². The van der Waals surface area contributed by atoms with Crippen LogP contribution in [-0.2, 0) is 11.2 Å². The van der Waals surface area contributed by atoms with Gasteiger partial charge in [-0.2, -0.15) is 13.2 Å². The summed E-state index contributed by atoms with van der Waals surface area (Å²) < 4.78 is 44.6. The number of alkyl halides is 3. The van der Waals surface area contributed by atoms with E-state index < -0.39 is 29.2 Å². The summed E-state index contributed by atoms with van der Waals surface area (Å²) >= 11 is 0. The molecule has 0 aliphatic carbocycles. The lowest BCUT2D eigenvalue weighted by Crippen LogP contribution is -2.23. The predicted octanol–water partition coefficient (Wildman–Crippen LogP) is 5.96. The summed E-state index contributed by atoms with van der Waals surface area (Å²) in [5.41, 5.74) is 0.00263. The molecule has 186 valence electrons. The Kier molecular flexibility index (Phi) is 9.77. The van der Waals surface area contributed by atoms with Crippen LogP contribution in [0.25, 0.3) is 0 Å². The Labute approximate surface area is 197 Å². The lowest BCUT2D eigenvalue weighted by molar-refractivity contribution is -0.136. The van der Waals surface area contributed by atoms with Crippen molar-refractivity contribution in [2.24, 2.45) is 0 Å². The second kappa shape index (κ2) is 12.3. The predicted molar refractivity (Wildman–Crippen MR) is 124 cm³/mol. The van der Waals surface area contributed by atoms with E-state index in [9.17, 15) is 23.1 Å². The molecule has 0 bridgehead atoms. The quantitative estimate of drug-likeness (QED) is 0.254. The van der Waals surface area contributed by atoms with Crippen molar-refractivity contribution in [3.63, 3.8) is 0 Å². The summed E-state index contributed by atoms with van der Waals surface area (Å²) in [6.07, 6.45) is 5.83. The average Bonchev–Trinajstić information content (AvgIpc) is 3.22.